The molecule has 2 aromatic rings. The van der Waals surface area contributed by atoms with Gasteiger partial charge in [0.2, 0.25) is 5.91 Å². The van der Waals surface area contributed by atoms with Crippen LogP contribution in [0, 0.1) is 10.1 Å². The van der Waals surface area contributed by atoms with Gasteiger partial charge < -0.3 is 5.11 Å². The van der Waals surface area contributed by atoms with Gasteiger partial charge in [-0.05, 0) is 35.4 Å². The van der Waals surface area contributed by atoms with Gasteiger partial charge in [0.25, 0.3) is 5.69 Å². The highest BCUT2D eigenvalue weighted by Crippen LogP contribution is 2.34. The SMILES string of the molecule is O=C(O)CCC(=O)N1N=C(c2ccc([N+](=O)[O-])cc2)C[C@@H]1c1ccc(Br)cc1. The van der Waals surface area contributed by atoms with Crippen LogP contribution in [-0.4, -0.2) is 32.6 Å². The van der Waals surface area contributed by atoms with E-state index in [1.54, 1.807) is 12.1 Å². The van der Waals surface area contributed by atoms with E-state index in [9.17, 15) is 19.7 Å². The molecule has 8 nitrogen and oxygen atoms in total. The summed E-state index contributed by atoms with van der Waals surface area (Å²) in [6, 6.07) is 13.1. The van der Waals surface area contributed by atoms with E-state index >= 15 is 0 Å². The number of hydrogen-bond acceptors (Lipinski definition) is 5. The lowest BCUT2D eigenvalue weighted by Crippen LogP contribution is -2.27. The first-order valence-electron chi connectivity index (χ1n) is 8.47. The minimum absolute atomic E-state index is 0.0267. The van der Waals surface area contributed by atoms with Crippen molar-refractivity contribution in [3.05, 3.63) is 74.2 Å². The Morgan fingerprint density at radius 3 is 2.36 bits per heavy atom. The average molecular weight is 446 g/mol. The number of hydrazone groups is 1. The molecule has 1 heterocycles. The molecule has 1 atom stereocenters. The molecule has 0 unspecified atom stereocenters. The van der Waals surface area contributed by atoms with Gasteiger partial charge in [0, 0.05) is 29.4 Å². The molecule has 144 valence electrons. The predicted octanol–water partition coefficient (Wildman–Crippen LogP) is 3.90. The summed E-state index contributed by atoms with van der Waals surface area (Å²) in [6.07, 6.45) is 0.00241. The first-order valence-corrected chi connectivity index (χ1v) is 9.26. The second-order valence-electron chi connectivity index (χ2n) is 6.25. The predicted molar refractivity (Wildman–Crippen MR) is 105 cm³/mol. The number of halogens is 1. The number of amides is 1. The van der Waals surface area contributed by atoms with Crippen LogP contribution in [0.15, 0.2) is 58.1 Å². The quantitative estimate of drug-likeness (QED) is 0.534. The summed E-state index contributed by atoms with van der Waals surface area (Å²) in [7, 11) is 0. The molecule has 0 fully saturated rings. The molecule has 28 heavy (non-hydrogen) atoms. The fraction of sp³-hybridized carbons (Fsp3) is 0.211. The van der Waals surface area contributed by atoms with Crippen LogP contribution in [0.25, 0.3) is 0 Å². The topological polar surface area (TPSA) is 113 Å². The molecule has 1 aliphatic rings. The van der Waals surface area contributed by atoms with Crippen molar-refractivity contribution in [1.82, 2.24) is 5.01 Å². The number of carboxylic acid groups (broad SMARTS) is 1. The van der Waals surface area contributed by atoms with E-state index in [1.807, 2.05) is 24.3 Å². The van der Waals surface area contributed by atoms with Crippen LogP contribution in [0.5, 0.6) is 0 Å². The van der Waals surface area contributed by atoms with Crippen LogP contribution >= 0.6 is 15.9 Å². The second kappa shape index (κ2) is 8.30. The van der Waals surface area contributed by atoms with Crippen molar-refractivity contribution in [2.45, 2.75) is 25.3 Å². The number of rotatable bonds is 6. The number of carbonyl (C=O) groups excluding carboxylic acids is 1. The molecule has 3 rings (SSSR count). The Kier molecular flexibility index (Phi) is 5.84. The zero-order valence-corrected chi connectivity index (χ0v) is 16.2. The van der Waals surface area contributed by atoms with Crippen LogP contribution in [-0.2, 0) is 9.59 Å². The van der Waals surface area contributed by atoms with Gasteiger partial charge in [-0.2, -0.15) is 5.10 Å². The molecular formula is C19H16BrN3O5. The Labute approximate surface area is 168 Å². The van der Waals surface area contributed by atoms with Crippen LogP contribution in [0.2, 0.25) is 0 Å². The lowest BCUT2D eigenvalue weighted by molar-refractivity contribution is -0.384. The molecule has 0 bridgehead atoms. The van der Waals surface area contributed by atoms with Crippen LogP contribution in [0.1, 0.15) is 36.4 Å². The summed E-state index contributed by atoms with van der Waals surface area (Å²) in [5.74, 6) is -1.43. The first kappa shape index (κ1) is 19.7. The van der Waals surface area contributed by atoms with Crippen molar-refractivity contribution >= 4 is 39.2 Å². The van der Waals surface area contributed by atoms with Gasteiger partial charge in [0.05, 0.1) is 23.1 Å². The van der Waals surface area contributed by atoms with Gasteiger partial charge in [-0.3, -0.25) is 19.7 Å². The normalized spacial score (nSPS) is 16.0. The molecule has 0 aromatic heterocycles. The summed E-state index contributed by atoms with van der Waals surface area (Å²) >= 11 is 3.38. The lowest BCUT2D eigenvalue weighted by Gasteiger charge is -2.22. The molecule has 1 aliphatic heterocycles. The van der Waals surface area contributed by atoms with E-state index in [0.717, 1.165) is 10.0 Å². The van der Waals surface area contributed by atoms with E-state index in [1.165, 1.54) is 17.1 Å². The number of carboxylic acids is 1. The number of nitro groups is 1. The van der Waals surface area contributed by atoms with E-state index in [0.29, 0.717) is 17.7 Å². The Bertz CT molecular complexity index is 941. The van der Waals surface area contributed by atoms with Crippen molar-refractivity contribution in [2.24, 2.45) is 5.10 Å². The summed E-state index contributed by atoms with van der Waals surface area (Å²) in [5.41, 5.74) is 2.14. The van der Waals surface area contributed by atoms with E-state index in [4.69, 9.17) is 5.11 Å². The van der Waals surface area contributed by atoms with Gasteiger partial charge >= 0.3 is 5.97 Å². The largest absolute Gasteiger partial charge is 0.481 e. The zero-order valence-electron chi connectivity index (χ0n) is 14.6. The average Bonchev–Trinajstić information content (AvgIpc) is 3.12. The van der Waals surface area contributed by atoms with Gasteiger partial charge in [0.1, 0.15) is 0 Å². The maximum absolute atomic E-state index is 12.6. The zero-order chi connectivity index (χ0) is 20.3. The molecule has 0 radical (unpaired) electrons. The van der Waals surface area contributed by atoms with Crippen LogP contribution in [0.3, 0.4) is 0 Å². The molecule has 1 N–H and O–H groups in total. The molecule has 0 aliphatic carbocycles. The molecule has 2 aromatic carbocycles. The minimum Gasteiger partial charge on any atom is -0.481 e. The monoisotopic (exact) mass is 445 g/mol. The molecule has 0 saturated carbocycles. The summed E-state index contributed by atoms with van der Waals surface area (Å²) < 4.78 is 0.898. The minimum atomic E-state index is -1.05. The second-order valence-corrected chi connectivity index (χ2v) is 7.17. The van der Waals surface area contributed by atoms with Gasteiger partial charge in [-0.15, -0.1) is 0 Å². The molecule has 0 saturated heterocycles. The van der Waals surface area contributed by atoms with Crippen molar-refractivity contribution < 1.29 is 19.6 Å². The molecule has 1 amide bonds. The van der Waals surface area contributed by atoms with Crippen LogP contribution in [0.4, 0.5) is 5.69 Å². The third kappa shape index (κ3) is 4.42. The maximum atomic E-state index is 12.6. The van der Waals surface area contributed by atoms with Gasteiger partial charge in [-0.25, -0.2) is 5.01 Å². The van der Waals surface area contributed by atoms with Crippen molar-refractivity contribution in [1.29, 1.82) is 0 Å². The fourth-order valence-corrected chi connectivity index (χ4v) is 3.23. The molecule has 0 spiro atoms. The first-order chi connectivity index (χ1) is 13.3. The number of carbonyl (C=O) groups is 2. The van der Waals surface area contributed by atoms with Gasteiger partial charge in [-0.1, -0.05) is 28.1 Å². The fourth-order valence-electron chi connectivity index (χ4n) is 2.96. The van der Waals surface area contributed by atoms with E-state index in [2.05, 4.69) is 21.0 Å². The number of nitrogens with zero attached hydrogens (tertiary/aromatic N) is 3. The Morgan fingerprint density at radius 1 is 1.14 bits per heavy atom. The highest BCUT2D eigenvalue weighted by molar-refractivity contribution is 9.10. The summed E-state index contributed by atoms with van der Waals surface area (Å²) in [4.78, 5) is 33.7. The summed E-state index contributed by atoms with van der Waals surface area (Å²) in [5, 5.41) is 25.4. The third-order valence-electron chi connectivity index (χ3n) is 4.38. The number of aliphatic carboxylic acids is 1. The smallest absolute Gasteiger partial charge is 0.303 e. The number of non-ortho nitro benzene ring substituents is 1. The molecular weight excluding hydrogens is 430 g/mol. The van der Waals surface area contributed by atoms with Crippen molar-refractivity contribution in [3.63, 3.8) is 0 Å². The number of benzene rings is 2. The maximum Gasteiger partial charge on any atom is 0.303 e. The molecule has 9 heteroatoms. The Morgan fingerprint density at radius 2 is 1.79 bits per heavy atom. The number of hydrogen-bond donors (Lipinski definition) is 1. The van der Waals surface area contributed by atoms with E-state index in [-0.39, 0.29) is 30.5 Å². The lowest BCUT2D eigenvalue weighted by atomic mass is 9.98. The Balaban J connectivity index is 1.89. The standard InChI is InChI=1S/C19H16BrN3O5/c20-14-5-1-13(2-6-14)17-11-16(12-3-7-15(8-4-12)23(27)28)21-22(17)18(24)9-10-19(25)26/h1-8,17H,9-11H2,(H,25,26)/t17-/m1/s1. The van der Waals surface area contributed by atoms with Gasteiger partial charge in [0.15, 0.2) is 0 Å². The Hall–Kier alpha value is -3.07. The highest BCUT2D eigenvalue weighted by Gasteiger charge is 2.33. The van der Waals surface area contributed by atoms with Crippen LogP contribution < -0.4 is 0 Å². The van der Waals surface area contributed by atoms with Crippen molar-refractivity contribution in [3.8, 4) is 0 Å². The third-order valence-corrected chi connectivity index (χ3v) is 4.91. The number of nitro benzene ring substituents is 1. The highest BCUT2D eigenvalue weighted by atomic mass is 79.9. The van der Waals surface area contributed by atoms with Crippen molar-refractivity contribution in [2.75, 3.05) is 0 Å². The van der Waals surface area contributed by atoms with E-state index < -0.39 is 10.9 Å². The summed E-state index contributed by atoms with van der Waals surface area (Å²) in [6.45, 7) is 0.